The fraction of sp³-hybridized carbons (Fsp3) is 0.641. The van der Waals surface area contributed by atoms with Crippen LogP contribution >= 0.6 is 0 Å². The van der Waals surface area contributed by atoms with Crippen molar-refractivity contribution in [3.63, 3.8) is 0 Å². The summed E-state index contributed by atoms with van der Waals surface area (Å²) in [7, 11) is 0. The minimum Gasteiger partial charge on any atom is -0.462 e. The molecule has 0 N–H and O–H groups in total. The predicted octanol–water partition coefficient (Wildman–Crippen LogP) is 19.3. The molecule has 70 heavy (non-hydrogen) atoms. The van der Waals surface area contributed by atoms with Crippen molar-refractivity contribution in [2.24, 2.45) is 0 Å². The summed E-state index contributed by atoms with van der Waals surface area (Å²) < 4.78 is 16.8. The standard InChI is InChI=1S/C64H104O6/c1-4-7-10-13-16-19-22-25-28-30-32-34-36-39-42-45-48-51-54-57-63(66)69-60-61(59-68-62(65)56-53-50-47-44-41-38-35-27-24-21-18-15-12-9-6-3)70-64(67)58-55-52-49-46-43-40-37-33-31-29-26-23-20-17-14-11-8-5-2/h7,9-10,12-13,15-16,18-19,21-22,24-25,28,30,32,34,36,39,42,61H,4-6,8,11,14,17,20,23,26-27,29,31,33,35,37-38,40-41,43-60H2,1-3H3/b10-7-,12-9-,16-13-,18-15-,22-19-,24-21-,28-25-,32-30+,36-34-,42-39-. The summed E-state index contributed by atoms with van der Waals surface area (Å²) in [5.74, 6) is -0.956. The molecule has 0 aliphatic heterocycles. The first-order chi connectivity index (χ1) is 34.5. The number of hydrogen-bond donors (Lipinski definition) is 0. The maximum absolute atomic E-state index is 12.9. The zero-order valence-electron chi connectivity index (χ0n) is 45.2. The molecule has 0 aliphatic rings. The Morgan fingerprint density at radius 2 is 0.557 bits per heavy atom. The molecule has 6 heteroatoms. The van der Waals surface area contributed by atoms with E-state index in [2.05, 4.69) is 69.4 Å². The normalized spacial score (nSPS) is 13.0. The quantitative estimate of drug-likeness (QED) is 0.0262. The van der Waals surface area contributed by atoms with Crippen LogP contribution in [0.5, 0.6) is 0 Å². The first-order valence-electron chi connectivity index (χ1n) is 28.7. The van der Waals surface area contributed by atoms with Gasteiger partial charge in [0.25, 0.3) is 0 Å². The molecule has 0 rings (SSSR count). The first-order valence-corrected chi connectivity index (χ1v) is 28.7. The number of rotatable bonds is 50. The van der Waals surface area contributed by atoms with Gasteiger partial charge in [-0.1, -0.05) is 290 Å². The van der Waals surface area contributed by atoms with Crippen molar-refractivity contribution in [3.05, 3.63) is 122 Å². The van der Waals surface area contributed by atoms with Gasteiger partial charge in [-0.05, 0) is 57.8 Å². The van der Waals surface area contributed by atoms with Crippen LogP contribution in [-0.4, -0.2) is 37.2 Å². The molecule has 0 spiro atoms. The maximum Gasteiger partial charge on any atom is 0.306 e. The molecule has 0 radical (unpaired) electrons. The Balaban J connectivity index is 4.50. The summed E-state index contributed by atoms with van der Waals surface area (Å²) in [6, 6.07) is 0. The highest BCUT2D eigenvalue weighted by Gasteiger charge is 2.19. The summed E-state index contributed by atoms with van der Waals surface area (Å²) in [6.45, 7) is 6.32. The second-order valence-corrected chi connectivity index (χ2v) is 18.7. The van der Waals surface area contributed by atoms with Crippen LogP contribution in [0.4, 0.5) is 0 Å². The zero-order chi connectivity index (χ0) is 50.7. The zero-order valence-corrected chi connectivity index (χ0v) is 45.2. The van der Waals surface area contributed by atoms with Crippen molar-refractivity contribution in [1.29, 1.82) is 0 Å². The molecular weight excluding hydrogens is 865 g/mol. The van der Waals surface area contributed by atoms with Gasteiger partial charge in [0.05, 0.1) is 0 Å². The van der Waals surface area contributed by atoms with Gasteiger partial charge in [-0.25, -0.2) is 0 Å². The van der Waals surface area contributed by atoms with Crippen molar-refractivity contribution in [2.45, 2.75) is 252 Å². The molecule has 0 aromatic rings. The van der Waals surface area contributed by atoms with E-state index in [1.807, 2.05) is 72.9 Å². The monoisotopic (exact) mass is 969 g/mol. The lowest BCUT2D eigenvalue weighted by atomic mass is 10.0. The molecule has 0 aromatic heterocycles. The molecule has 0 bridgehead atoms. The molecular formula is C64H104O6. The van der Waals surface area contributed by atoms with Gasteiger partial charge in [0.1, 0.15) is 13.2 Å². The average Bonchev–Trinajstić information content (AvgIpc) is 3.36. The summed E-state index contributed by atoms with van der Waals surface area (Å²) in [5, 5.41) is 0. The summed E-state index contributed by atoms with van der Waals surface area (Å²) >= 11 is 0. The van der Waals surface area contributed by atoms with E-state index in [9.17, 15) is 14.4 Å². The number of unbranched alkanes of at least 4 members (excludes halogenated alkanes) is 27. The largest absolute Gasteiger partial charge is 0.462 e. The number of esters is 3. The minimum absolute atomic E-state index is 0.101. The van der Waals surface area contributed by atoms with Crippen molar-refractivity contribution >= 4 is 17.9 Å². The predicted molar refractivity (Wildman–Crippen MR) is 302 cm³/mol. The van der Waals surface area contributed by atoms with E-state index in [1.165, 1.54) is 122 Å². The third kappa shape index (κ3) is 54.7. The number of allylic oxidation sites excluding steroid dienone is 20. The van der Waals surface area contributed by atoms with Gasteiger partial charge >= 0.3 is 17.9 Å². The van der Waals surface area contributed by atoms with Crippen LogP contribution in [0.3, 0.4) is 0 Å². The fourth-order valence-electron chi connectivity index (χ4n) is 7.72. The molecule has 396 valence electrons. The summed E-state index contributed by atoms with van der Waals surface area (Å²) in [4.78, 5) is 38.2. The minimum atomic E-state index is -0.805. The van der Waals surface area contributed by atoms with Crippen molar-refractivity contribution < 1.29 is 28.6 Å². The van der Waals surface area contributed by atoms with Gasteiger partial charge in [0, 0.05) is 19.3 Å². The molecule has 0 fully saturated rings. The maximum atomic E-state index is 12.9. The lowest BCUT2D eigenvalue weighted by Gasteiger charge is -2.18. The van der Waals surface area contributed by atoms with Gasteiger partial charge in [-0.2, -0.15) is 0 Å². The van der Waals surface area contributed by atoms with Crippen LogP contribution < -0.4 is 0 Å². The highest BCUT2D eigenvalue weighted by atomic mass is 16.6. The van der Waals surface area contributed by atoms with E-state index in [-0.39, 0.29) is 31.1 Å². The molecule has 0 aliphatic carbocycles. The summed E-state index contributed by atoms with van der Waals surface area (Å²) in [5.41, 5.74) is 0. The van der Waals surface area contributed by atoms with E-state index in [0.717, 1.165) is 83.5 Å². The van der Waals surface area contributed by atoms with Crippen molar-refractivity contribution in [1.82, 2.24) is 0 Å². The van der Waals surface area contributed by atoms with Crippen LogP contribution in [0.25, 0.3) is 0 Å². The third-order valence-corrected chi connectivity index (χ3v) is 12.0. The second kappa shape index (κ2) is 57.4. The Hall–Kier alpha value is -4.19. The lowest BCUT2D eigenvalue weighted by Crippen LogP contribution is -2.30. The molecule has 0 heterocycles. The van der Waals surface area contributed by atoms with Crippen LogP contribution in [0.1, 0.15) is 245 Å². The highest BCUT2D eigenvalue weighted by molar-refractivity contribution is 5.71. The van der Waals surface area contributed by atoms with E-state index in [4.69, 9.17) is 14.2 Å². The van der Waals surface area contributed by atoms with E-state index in [0.29, 0.717) is 19.3 Å². The van der Waals surface area contributed by atoms with E-state index in [1.54, 1.807) is 0 Å². The van der Waals surface area contributed by atoms with Gasteiger partial charge < -0.3 is 14.2 Å². The topological polar surface area (TPSA) is 78.9 Å². The highest BCUT2D eigenvalue weighted by Crippen LogP contribution is 2.16. The van der Waals surface area contributed by atoms with Crippen LogP contribution in [-0.2, 0) is 28.6 Å². The van der Waals surface area contributed by atoms with Gasteiger partial charge in [0.15, 0.2) is 6.10 Å². The van der Waals surface area contributed by atoms with Gasteiger partial charge in [-0.3, -0.25) is 14.4 Å². The molecule has 6 nitrogen and oxygen atoms in total. The summed E-state index contributed by atoms with van der Waals surface area (Å²) in [6.07, 6.45) is 79.0. The Morgan fingerprint density at radius 1 is 0.300 bits per heavy atom. The van der Waals surface area contributed by atoms with Crippen molar-refractivity contribution in [3.8, 4) is 0 Å². The lowest BCUT2D eigenvalue weighted by molar-refractivity contribution is -0.167. The Labute approximate surface area is 431 Å². The second-order valence-electron chi connectivity index (χ2n) is 18.7. The number of carbonyl (C=O) groups is 3. The molecule has 0 aromatic carbocycles. The number of ether oxygens (including phenoxy) is 3. The van der Waals surface area contributed by atoms with Gasteiger partial charge in [0.2, 0.25) is 0 Å². The first kappa shape index (κ1) is 65.8. The molecule has 1 atom stereocenters. The fourth-order valence-corrected chi connectivity index (χ4v) is 7.72. The SMILES string of the molecule is CC\C=C/C=C\C=C/C=C\C=C\C=C/C=C\CCCCCC(=O)OCC(COC(=O)CCCCCCCCC\C=C/C=C\C=C/CC)OC(=O)CCCCCCCCCCCCCCCCCCCC. The molecule has 0 saturated carbocycles. The van der Waals surface area contributed by atoms with E-state index < -0.39 is 6.10 Å². The number of hydrogen-bond acceptors (Lipinski definition) is 6. The van der Waals surface area contributed by atoms with E-state index >= 15 is 0 Å². The Morgan fingerprint density at radius 3 is 0.886 bits per heavy atom. The van der Waals surface area contributed by atoms with Crippen molar-refractivity contribution in [2.75, 3.05) is 13.2 Å². The average molecular weight is 970 g/mol. The van der Waals surface area contributed by atoms with Crippen LogP contribution in [0.15, 0.2) is 122 Å². The third-order valence-electron chi connectivity index (χ3n) is 12.0. The molecule has 0 amide bonds. The number of carbonyl (C=O) groups excluding carboxylic acids is 3. The van der Waals surface area contributed by atoms with Gasteiger partial charge in [-0.15, -0.1) is 0 Å². The molecule has 1 unspecified atom stereocenters. The Kier molecular flexibility index (Phi) is 54.0. The smallest absolute Gasteiger partial charge is 0.306 e. The van der Waals surface area contributed by atoms with Crippen LogP contribution in [0.2, 0.25) is 0 Å². The Bertz CT molecular complexity index is 1490. The van der Waals surface area contributed by atoms with Crippen LogP contribution in [0, 0.1) is 0 Å². The molecule has 0 saturated heterocycles.